The predicted molar refractivity (Wildman–Crippen MR) is 99.6 cm³/mol. The number of hydrogen-bond donors (Lipinski definition) is 1. The van der Waals surface area contributed by atoms with Gasteiger partial charge in [-0.2, -0.15) is 0 Å². The highest BCUT2D eigenvalue weighted by molar-refractivity contribution is 7.17. The van der Waals surface area contributed by atoms with Crippen molar-refractivity contribution < 1.29 is 18.8 Å². The van der Waals surface area contributed by atoms with Gasteiger partial charge in [0.15, 0.2) is 5.69 Å². The van der Waals surface area contributed by atoms with Crippen LogP contribution >= 0.6 is 11.3 Å². The third-order valence-electron chi connectivity index (χ3n) is 3.71. The Morgan fingerprint density at radius 2 is 1.96 bits per heavy atom. The highest BCUT2D eigenvalue weighted by Crippen LogP contribution is 2.40. The molecule has 0 saturated heterocycles. The van der Waals surface area contributed by atoms with Gasteiger partial charge in [-0.3, -0.25) is 4.79 Å². The first-order chi connectivity index (χ1) is 12.5. The van der Waals surface area contributed by atoms with Gasteiger partial charge < -0.3 is 14.6 Å². The van der Waals surface area contributed by atoms with Crippen LogP contribution in [0.2, 0.25) is 0 Å². The molecule has 2 heterocycles. The zero-order valence-electron chi connectivity index (χ0n) is 14.7. The quantitative estimate of drug-likeness (QED) is 0.671. The zero-order chi connectivity index (χ0) is 18.7. The van der Waals surface area contributed by atoms with Gasteiger partial charge in [0.1, 0.15) is 16.3 Å². The van der Waals surface area contributed by atoms with Gasteiger partial charge in [0.2, 0.25) is 0 Å². The number of benzene rings is 1. The number of aryl methyl sites for hydroxylation is 2. The van der Waals surface area contributed by atoms with E-state index in [-0.39, 0.29) is 12.3 Å². The van der Waals surface area contributed by atoms with Crippen molar-refractivity contribution in [2.24, 2.45) is 0 Å². The summed E-state index contributed by atoms with van der Waals surface area (Å²) in [4.78, 5) is 25.9. The van der Waals surface area contributed by atoms with E-state index >= 15 is 0 Å². The van der Waals surface area contributed by atoms with Crippen LogP contribution in [0.5, 0.6) is 0 Å². The molecule has 0 bridgehead atoms. The third kappa shape index (κ3) is 3.52. The van der Waals surface area contributed by atoms with Crippen molar-refractivity contribution in [3.05, 3.63) is 58.3 Å². The van der Waals surface area contributed by atoms with Crippen LogP contribution in [-0.4, -0.2) is 23.6 Å². The fourth-order valence-electron chi connectivity index (χ4n) is 2.62. The topological polar surface area (TPSA) is 81.4 Å². The summed E-state index contributed by atoms with van der Waals surface area (Å²) < 4.78 is 10.2. The van der Waals surface area contributed by atoms with E-state index < -0.39 is 11.9 Å². The molecule has 0 saturated carbocycles. The largest absolute Gasteiger partial charge is 0.462 e. The molecule has 1 aromatic carbocycles. The molecule has 0 aliphatic heterocycles. The van der Waals surface area contributed by atoms with Crippen LogP contribution in [0.15, 0.2) is 40.9 Å². The second kappa shape index (κ2) is 7.53. The smallest absolute Gasteiger partial charge is 0.341 e. The Kier molecular flexibility index (Phi) is 5.18. The lowest BCUT2D eigenvalue weighted by atomic mass is 10.0. The number of thiophene rings is 1. The average Bonchev–Trinajstić information content (AvgIpc) is 3.19. The fraction of sp³-hybridized carbons (Fsp3) is 0.211. The molecule has 3 aromatic rings. The van der Waals surface area contributed by atoms with Gasteiger partial charge in [0.25, 0.3) is 5.91 Å². The lowest BCUT2D eigenvalue weighted by Crippen LogP contribution is -2.15. The molecule has 0 atom stereocenters. The number of ether oxygens (including phenoxy) is 1. The first-order valence-corrected chi connectivity index (χ1v) is 8.93. The van der Waals surface area contributed by atoms with Gasteiger partial charge in [-0.05, 0) is 26.3 Å². The van der Waals surface area contributed by atoms with Crippen molar-refractivity contribution in [3.63, 3.8) is 0 Å². The summed E-state index contributed by atoms with van der Waals surface area (Å²) in [5, 5.41) is 6.91. The Labute approximate surface area is 154 Å². The first kappa shape index (κ1) is 17.9. The van der Waals surface area contributed by atoms with Crippen molar-refractivity contribution in [3.8, 4) is 11.1 Å². The van der Waals surface area contributed by atoms with Crippen molar-refractivity contribution in [2.45, 2.75) is 20.8 Å². The SMILES string of the molecule is CCOC(=O)c1c(NC(=O)c2cc(C)on2)sc(C)c1-c1ccccc1. The minimum absolute atomic E-state index is 0.157. The van der Waals surface area contributed by atoms with Crippen molar-refractivity contribution >= 4 is 28.2 Å². The molecule has 6 nitrogen and oxygen atoms in total. The predicted octanol–water partition coefficient (Wildman–Crippen LogP) is 4.45. The fourth-order valence-corrected chi connectivity index (χ4v) is 3.68. The van der Waals surface area contributed by atoms with Crippen LogP contribution in [0, 0.1) is 13.8 Å². The summed E-state index contributed by atoms with van der Waals surface area (Å²) >= 11 is 1.33. The van der Waals surface area contributed by atoms with Crippen LogP contribution in [-0.2, 0) is 4.74 Å². The molecule has 0 radical (unpaired) electrons. The van der Waals surface area contributed by atoms with Crippen molar-refractivity contribution in [1.29, 1.82) is 0 Å². The number of carbonyl (C=O) groups is 2. The van der Waals surface area contributed by atoms with E-state index in [1.165, 1.54) is 17.4 Å². The first-order valence-electron chi connectivity index (χ1n) is 8.11. The second-order valence-electron chi connectivity index (χ2n) is 5.60. The highest BCUT2D eigenvalue weighted by atomic mass is 32.1. The number of nitrogens with one attached hydrogen (secondary N) is 1. The van der Waals surface area contributed by atoms with E-state index in [1.807, 2.05) is 37.3 Å². The lowest BCUT2D eigenvalue weighted by molar-refractivity contribution is 0.0529. The van der Waals surface area contributed by atoms with Gasteiger partial charge in [0, 0.05) is 16.5 Å². The number of aromatic nitrogens is 1. The van der Waals surface area contributed by atoms with E-state index in [9.17, 15) is 9.59 Å². The van der Waals surface area contributed by atoms with Crippen molar-refractivity contribution in [1.82, 2.24) is 5.16 Å². The molecule has 134 valence electrons. The normalized spacial score (nSPS) is 10.6. The molecule has 26 heavy (non-hydrogen) atoms. The van der Waals surface area contributed by atoms with Crippen LogP contribution in [0.1, 0.15) is 38.4 Å². The maximum absolute atomic E-state index is 12.6. The zero-order valence-corrected chi connectivity index (χ0v) is 15.5. The van der Waals surface area contributed by atoms with Crippen LogP contribution in [0.3, 0.4) is 0 Å². The van der Waals surface area contributed by atoms with Gasteiger partial charge in [0.05, 0.1) is 6.61 Å². The molecule has 2 aromatic heterocycles. The lowest BCUT2D eigenvalue weighted by Gasteiger charge is -2.08. The third-order valence-corrected chi connectivity index (χ3v) is 4.73. The Morgan fingerprint density at radius 1 is 1.23 bits per heavy atom. The molecule has 0 aliphatic rings. The van der Waals surface area contributed by atoms with Gasteiger partial charge >= 0.3 is 5.97 Å². The summed E-state index contributed by atoms with van der Waals surface area (Å²) in [5.74, 6) is -0.372. The standard InChI is InChI=1S/C19H18N2O4S/c1-4-24-19(23)16-15(13-8-6-5-7-9-13)12(3)26-18(16)20-17(22)14-10-11(2)25-21-14/h5-10H,4H2,1-3H3,(H,20,22). The summed E-state index contributed by atoms with van der Waals surface area (Å²) in [7, 11) is 0. The number of amides is 1. The van der Waals surface area contributed by atoms with E-state index in [4.69, 9.17) is 9.26 Å². The molecule has 1 N–H and O–H groups in total. The second-order valence-corrected chi connectivity index (χ2v) is 6.83. The molecular weight excluding hydrogens is 352 g/mol. The van der Waals surface area contributed by atoms with E-state index in [0.29, 0.717) is 16.3 Å². The minimum atomic E-state index is -0.470. The summed E-state index contributed by atoms with van der Waals surface area (Å²) in [6.45, 7) is 5.61. The number of carbonyl (C=O) groups excluding carboxylic acids is 2. The summed E-state index contributed by atoms with van der Waals surface area (Å²) in [6, 6.07) is 11.1. The maximum atomic E-state index is 12.6. The van der Waals surface area contributed by atoms with Gasteiger partial charge in [-0.1, -0.05) is 35.5 Å². The molecule has 0 unspecified atom stereocenters. The Hall–Kier alpha value is -2.93. The summed E-state index contributed by atoms with van der Waals surface area (Å²) in [6.07, 6.45) is 0. The molecule has 0 fully saturated rings. The van der Waals surface area contributed by atoms with Crippen molar-refractivity contribution in [2.75, 3.05) is 11.9 Å². The Bertz CT molecular complexity index is 944. The van der Waals surface area contributed by atoms with Crippen LogP contribution in [0.4, 0.5) is 5.00 Å². The monoisotopic (exact) mass is 370 g/mol. The van der Waals surface area contributed by atoms with E-state index in [2.05, 4.69) is 10.5 Å². The Morgan fingerprint density at radius 3 is 2.58 bits per heavy atom. The van der Waals surface area contributed by atoms with Gasteiger partial charge in [-0.25, -0.2) is 4.79 Å². The molecule has 7 heteroatoms. The average molecular weight is 370 g/mol. The molecule has 0 aliphatic carbocycles. The Balaban J connectivity index is 2.04. The van der Waals surface area contributed by atoms with Gasteiger partial charge in [-0.15, -0.1) is 11.3 Å². The van der Waals surface area contributed by atoms with Crippen LogP contribution in [0.25, 0.3) is 11.1 Å². The van der Waals surface area contributed by atoms with E-state index in [0.717, 1.165) is 16.0 Å². The minimum Gasteiger partial charge on any atom is -0.462 e. The van der Waals surface area contributed by atoms with Crippen LogP contribution < -0.4 is 5.32 Å². The molecule has 0 spiro atoms. The summed E-state index contributed by atoms with van der Waals surface area (Å²) in [5.41, 5.74) is 2.17. The number of rotatable bonds is 5. The maximum Gasteiger partial charge on any atom is 0.341 e. The highest BCUT2D eigenvalue weighted by Gasteiger charge is 2.26. The molecular formula is C19H18N2O4S. The number of nitrogens with zero attached hydrogens (tertiary/aromatic N) is 1. The molecule has 3 rings (SSSR count). The van der Waals surface area contributed by atoms with E-state index in [1.54, 1.807) is 13.8 Å². The number of esters is 1. The molecule has 1 amide bonds. The number of hydrogen-bond acceptors (Lipinski definition) is 6. The number of anilines is 1.